The molecule has 0 aliphatic carbocycles. The van der Waals surface area contributed by atoms with Gasteiger partial charge in [-0.1, -0.05) is 30.4 Å². The van der Waals surface area contributed by atoms with Gasteiger partial charge in [-0.05, 0) is 31.1 Å². The van der Waals surface area contributed by atoms with E-state index in [1.54, 1.807) is 12.2 Å². The van der Waals surface area contributed by atoms with Gasteiger partial charge in [0, 0.05) is 19.4 Å². The third kappa shape index (κ3) is 6.14. The van der Waals surface area contributed by atoms with E-state index in [1.807, 2.05) is 38.2 Å². The number of hydrogen-bond acceptors (Lipinski definition) is 10. The molecular weight excluding hydrogens is 472 g/mol. The second-order valence-corrected chi connectivity index (χ2v) is 8.43. The number of carbonyl (C=O) groups is 2. The van der Waals surface area contributed by atoms with Gasteiger partial charge in [-0.15, -0.1) is 0 Å². The third-order valence-electron chi connectivity index (χ3n) is 5.93. The zero-order valence-electron chi connectivity index (χ0n) is 20.6. The standard InChI is InChI=1S/C26H32O10/c1-5-6-7-8-9-10-16-11-17-14(2)18(32-4)12-19(21(17)25(31)34-16)35-26-24(30)23(29)22(28)20(36-26)13-33-15(3)27/h5-10,12,16,20,22-24,26,28-30H,11,13H2,1-4H3. The first-order chi connectivity index (χ1) is 17.2. The maximum atomic E-state index is 13.0. The molecule has 1 saturated heterocycles. The van der Waals surface area contributed by atoms with Gasteiger partial charge in [0.1, 0.15) is 54.2 Å². The van der Waals surface area contributed by atoms with Gasteiger partial charge in [0.2, 0.25) is 6.29 Å². The number of benzene rings is 1. The van der Waals surface area contributed by atoms with E-state index in [2.05, 4.69) is 0 Å². The molecule has 0 radical (unpaired) electrons. The summed E-state index contributed by atoms with van der Waals surface area (Å²) in [5, 5.41) is 31.0. The number of ether oxygens (including phenoxy) is 5. The average molecular weight is 505 g/mol. The summed E-state index contributed by atoms with van der Waals surface area (Å²) in [5.74, 6) is -0.778. The number of aliphatic hydroxyl groups excluding tert-OH is 3. The molecule has 3 rings (SSSR count). The van der Waals surface area contributed by atoms with Crippen LogP contribution in [0.25, 0.3) is 0 Å². The Balaban J connectivity index is 1.90. The summed E-state index contributed by atoms with van der Waals surface area (Å²) in [4.78, 5) is 24.2. The number of carbonyl (C=O) groups excluding carboxylic acids is 2. The minimum atomic E-state index is -1.66. The number of cyclic esters (lactones) is 1. The number of esters is 2. The lowest BCUT2D eigenvalue weighted by atomic mass is 9.92. The van der Waals surface area contributed by atoms with E-state index in [0.717, 1.165) is 5.56 Å². The van der Waals surface area contributed by atoms with E-state index in [1.165, 1.54) is 20.1 Å². The normalized spacial score (nSPS) is 28.4. The van der Waals surface area contributed by atoms with Crippen LogP contribution >= 0.6 is 0 Å². The van der Waals surface area contributed by atoms with Crippen molar-refractivity contribution in [2.75, 3.05) is 13.7 Å². The summed E-state index contributed by atoms with van der Waals surface area (Å²) in [6.45, 7) is 4.54. The summed E-state index contributed by atoms with van der Waals surface area (Å²) in [6, 6.07) is 1.47. The van der Waals surface area contributed by atoms with Crippen LogP contribution in [0.2, 0.25) is 0 Å². The first kappa shape index (κ1) is 27.4. The molecule has 2 heterocycles. The van der Waals surface area contributed by atoms with E-state index >= 15 is 0 Å². The van der Waals surface area contributed by atoms with Crippen molar-refractivity contribution in [1.82, 2.24) is 0 Å². The van der Waals surface area contributed by atoms with Gasteiger partial charge in [-0.3, -0.25) is 4.79 Å². The minimum Gasteiger partial charge on any atom is -0.496 e. The quantitative estimate of drug-likeness (QED) is 0.352. The molecule has 0 spiro atoms. The third-order valence-corrected chi connectivity index (χ3v) is 5.93. The molecule has 0 aromatic heterocycles. The van der Waals surface area contributed by atoms with Gasteiger partial charge in [0.05, 0.1) is 7.11 Å². The van der Waals surface area contributed by atoms with E-state index < -0.39 is 48.7 Å². The largest absolute Gasteiger partial charge is 0.496 e. The highest BCUT2D eigenvalue weighted by molar-refractivity contribution is 5.96. The van der Waals surface area contributed by atoms with Crippen molar-refractivity contribution in [2.24, 2.45) is 0 Å². The van der Waals surface area contributed by atoms with Crippen LogP contribution in [-0.2, 0) is 25.4 Å². The van der Waals surface area contributed by atoms with Gasteiger partial charge in [-0.2, -0.15) is 0 Å². The van der Waals surface area contributed by atoms with Gasteiger partial charge in [0.15, 0.2) is 0 Å². The van der Waals surface area contributed by atoms with Gasteiger partial charge in [-0.25, -0.2) is 4.79 Å². The topological polar surface area (TPSA) is 141 Å². The highest BCUT2D eigenvalue weighted by Gasteiger charge is 2.46. The fraction of sp³-hybridized carbons (Fsp3) is 0.462. The molecule has 0 saturated carbocycles. The van der Waals surface area contributed by atoms with Crippen molar-refractivity contribution in [2.45, 2.75) is 64.0 Å². The predicted molar refractivity (Wildman–Crippen MR) is 128 cm³/mol. The Morgan fingerprint density at radius 1 is 1.11 bits per heavy atom. The average Bonchev–Trinajstić information content (AvgIpc) is 2.84. The lowest BCUT2D eigenvalue weighted by Crippen LogP contribution is -2.60. The van der Waals surface area contributed by atoms with Crippen LogP contribution in [-0.4, -0.2) is 77.8 Å². The molecule has 196 valence electrons. The first-order valence-electron chi connectivity index (χ1n) is 11.5. The Morgan fingerprint density at radius 3 is 2.50 bits per heavy atom. The van der Waals surface area contributed by atoms with Crippen LogP contribution in [0.5, 0.6) is 11.5 Å². The molecule has 10 heteroatoms. The Bertz CT molecular complexity index is 1040. The number of allylic oxidation sites excluding steroid dienone is 5. The summed E-state index contributed by atoms with van der Waals surface area (Å²) < 4.78 is 27.4. The number of methoxy groups -OCH3 is 1. The summed E-state index contributed by atoms with van der Waals surface area (Å²) in [5.41, 5.74) is 1.53. The Morgan fingerprint density at radius 2 is 1.83 bits per heavy atom. The van der Waals surface area contributed by atoms with Crippen LogP contribution in [0.15, 0.2) is 42.5 Å². The number of fused-ring (bicyclic) bond motifs is 1. The Labute approximate surface area is 209 Å². The molecule has 0 amide bonds. The molecule has 1 aromatic carbocycles. The predicted octanol–water partition coefficient (Wildman–Crippen LogP) is 1.52. The zero-order valence-corrected chi connectivity index (χ0v) is 20.6. The SMILES string of the molecule is CC=CC=CC=CC1Cc2c(C)c(OC)cc(OC3OC(COC(C)=O)C(O)C(O)C3O)c2C(=O)O1. The van der Waals surface area contributed by atoms with Crippen LogP contribution in [0.4, 0.5) is 0 Å². The smallest absolute Gasteiger partial charge is 0.342 e. The molecule has 36 heavy (non-hydrogen) atoms. The van der Waals surface area contributed by atoms with E-state index in [4.69, 9.17) is 23.7 Å². The van der Waals surface area contributed by atoms with E-state index in [0.29, 0.717) is 17.7 Å². The molecule has 2 aliphatic heterocycles. The minimum absolute atomic E-state index is 0.0201. The van der Waals surface area contributed by atoms with E-state index in [-0.39, 0.29) is 17.9 Å². The highest BCUT2D eigenvalue weighted by atomic mass is 16.7. The lowest BCUT2D eigenvalue weighted by Gasteiger charge is -2.40. The van der Waals surface area contributed by atoms with Crippen molar-refractivity contribution in [1.29, 1.82) is 0 Å². The second-order valence-electron chi connectivity index (χ2n) is 8.43. The van der Waals surface area contributed by atoms with Crippen LogP contribution < -0.4 is 9.47 Å². The summed E-state index contributed by atoms with van der Waals surface area (Å²) in [7, 11) is 1.48. The van der Waals surface area contributed by atoms with Crippen molar-refractivity contribution in [3.05, 3.63) is 59.2 Å². The molecular formula is C26H32O10. The van der Waals surface area contributed by atoms with Crippen LogP contribution in [0.1, 0.15) is 35.3 Å². The molecule has 2 aliphatic rings. The van der Waals surface area contributed by atoms with Crippen molar-refractivity contribution in [3.8, 4) is 11.5 Å². The van der Waals surface area contributed by atoms with Gasteiger partial charge < -0.3 is 39.0 Å². The van der Waals surface area contributed by atoms with Crippen molar-refractivity contribution < 1.29 is 48.6 Å². The summed E-state index contributed by atoms with van der Waals surface area (Å²) in [6.07, 6.45) is 3.36. The molecule has 6 unspecified atom stereocenters. The fourth-order valence-electron chi connectivity index (χ4n) is 4.02. The highest BCUT2D eigenvalue weighted by Crippen LogP contribution is 2.39. The van der Waals surface area contributed by atoms with Gasteiger partial charge in [0.25, 0.3) is 0 Å². The maximum Gasteiger partial charge on any atom is 0.342 e. The molecule has 1 aromatic rings. The molecule has 6 atom stereocenters. The monoisotopic (exact) mass is 504 g/mol. The van der Waals surface area contributed by atoms with Gasteiger partial charge >= 0.3 is 11.9 Å². The fourth-order valence-corrected chi connectivity index (χ4v) is 4.02. The Hall–Kier alpha value is -3.18. The zero-order chi connectivity index (χ0) is 26.4. The molecule has 1 fully saturated rings. The Kier molecular flexibility index (Phi) is 9.27. The maximum absolute atomic E-state index is 13.0. The van der Waals surface area contributed by atoms with Crippen molar-refractivity contribution in [3.63, 3.8) is 0 Å². The van der Waals surface area contributed by atoms with Crippen LogP contribution in [0, 0.1) is 6.92 Å². The first-order valence-corrected chi connectivity index (χ1v) is 11.5. The number of hydrogen-bond donors (Lipinski definition) is 3. The number of rotatable bonds is 8. The van der Waals surface area contributed by atoms with E-state index in [9.17, 15) is 24.9 Å². The molecule has 3 N–H and O–H groups in total. The molecule has 0 bridgehead atoms. The number of aliphatic hydroxyl groups is 3. The lowest BCUT2D eigenvalue weighted by molar-refractivity contribution is -0.278. The second kappa shape index (κ2) is 12.2. The molecule has 10 nitrogen and oxygen atoms in total. The summed E-state index contributed by atoms with van der Waals surface area (Å²) >= 11 is 0. The van der Waals surface area contributed by atoms with Crippen LogP contribution in [0.3, 0.4) is 0 Å². The van der Waals surface area contributed by atoms with Crippen molar-refractivity contribution >= 4 is 11.9 Å².